The molecule has 2 aromatic heterocycles. The molecule has 0 fully saturated rings. The van der Waals surface area contributed by atoms with Gasteiger partial charge in [0.1, 0.15) is 11.5 Å². The van der Waals surface area contributed by atoms with Gasteiger partial charge in [-0.05, 0) is 26.0 Å². The van der Waals surface area contributed by atoms with Gasteiger partial charge < -0.3 is 9.88 Å². The fourth-order valence-electron chi connectivity index (χ4n) is 2.26. The van der Waals surface area contributed by atoms with Gasteiger partial charge in [-0.25, -0.2) is 9.97 Å². The molecule has 0 saturated heterocycles. The molecule has 0 radical (unpaired) electrons. The monoisotopic (exact) mass is 232 g/mol. The van der Waals surface area contributed by atoms with Crippen LogP contribution in [0.2, 0.25) is 0 Å². The molecule has 92 valence electrons. The van der Waals surface area contributed by atoms with E-state index >= 15 is 0 Å². The predicted molar refractivity (Wildman–Crippen MR) is 70.0 cm³/mol. The van der Waals surface area contributed by atoms with Crippen LogP contribution in [0.1, 0.15) is 30.4 Å². The van der Waals surface area contributed by atoms with Gasteiger partial charge in [0.05, 0.1) is 5.69 Å². The molecular weight excluding hydrogens is 212 g/mol. The Hall–Kier alpha value is -1.42. The Morgan fingerprint density at radius 2 is 2.12 bits per heavy atom. The first kappa shape index (κ1) is 12.0. The molecular formula is C13H20N4. The van der Waals surface area contributed by atoms with Crippen molar-refractivity contribution in [2.24, 2.45) is 7.05 Å². The lowest BCUT2D eigenvalue weighted by molar-refractivity contribution is 0.814. The molecule has 2 aromatic rings. The fraction of sp³-hybridized carbons (Fsp3) is 0.538. The number of hydrogen-bond donors (Lipinski definition) is 1. The summed E-state index contributed by atoms with van der Waals surface area (Å²) in [6.07, 6.45) is 4.17. The van der Waals surface area contributed by atoms with E-state index in [1.165, 1.54) is 10.9 Å². The number of aryl methyl sites for hydroxylation is 3. The molecule has 0 spiro atoms. The third-order valence-electron chi connectivity index (χ3n) is 2.96. The summed E-state index contributed by atoms with van der Waals surface area (Å²) in [5, 5.41) is 4.38. The van der Waals surface area contributed by atoms with Gasteiger partial charge in [0, 0.05) is 31.6 Å². The van der Waals surface area contributed by atoms with Crippen molar-refractivity contribution in [1.82, 2.24) is 19.9 Å². The van der Waals surface area contributed by atoms with Crippen molar-refractivity contribution < 1.29 is 0 Å². The molecule has 0 aliphatic carbocycles. The minimum Gasteiger partial charge on any atom is -0.335 e. The van der Waals surface area contributed by atoms with Crippen LogP contribution in [0.4, 0.5) is 0 Å². The second-order valence-electron chi connectivity index (χ2n) is 4.47. The summed E-state index contributed by atoms with van der Waals surface area (Å²) < 4.78 is 2.09. The van der Waals surface area contributed by atoms with Crippen molar-refractivity contribution in [3.8, 4) is 0 Å². The Kier molecular flexibility index (Phi) is 3.43. The molecule has 0 amide bonds. The van der Waals surface area contributed by atoms with Crippen LogP contribution in [0.25, 0.3) is 11.0 Å². The SMILES string of the molecule is CCCc1nc(C)c2c(CNC)cn(C)c2n1. The largest absolute Gasteiger partial charge is 0.335 e. The number of aromatic nitrogens is 3. The number of rotatable bonds is 4. The summed E-state index contributed by atoms with van der Waals surface area (Å²) in [4.78, 5) is 9.25. The van der Waals surface area contributed by atoms with Crippen LogP contribution >= 0.6 is 0 Å². The lowest BCUT2D eigenvalue weighted by Gasteiger charge is -2.04. The van der Waals surface area contributed by atoms with Crippen molar-refractivity contribution in [3.05, 3.63) is 23.3 Å². The van der Waals surface area contributed by atoms with E-state index in [2.05, 4.69) is 39.9 Å². The molecule has 4 heteroatoms. The van der Waals surface area contributed by atoms with Crippen molar-refractivity contribution in [3.63, 3.8) is 0 Å². The second-order valence-corrected chi connectivity index (χ2v) is 4.47. The van der Waals surface area contributed by atoms with Gasteiger partial charge in [0.15, 0.2) is 0 Å². The van der Waals surface area contributed by atoms with Gasteiger partial charge >= 0.3 is 0 Å². The third-order valence-corrected chi connectivity index (χ3v) is 2.96. The Bertz CT molecular complexity index is 528. The minimum atomic E-state index is 0.856. The summed E-state index contributed by atoms with van der Waals surface area (Å²) in [5.74, 6) is 0.953. The average Bonchev–Trinajstić information content (AvgIpc) is 2.57. The van der Waals surface area contributed by atoms with Crippen LogP contribution in [-0.4, -0.2) is 21.6 Å². The average molecular weight is 232 g/mol. The van der Waals surface area contributed by atoms with Gasteiger partial charge in [0.2, 0.25) is 0 Å². The van der Waals surface area contributed by atoms with E-state index in [1.807, 2.05) is 14.1 Å². The molecule has 0 atom stereocenters. The molecule has 4 nitrogen and oxygen atoms in total. The zero-order valence-corrected chi connectivity index (χ0v) is 11.0. The highest BCUT2D eigenvalue weighted by atomic mass is 15.0. The van der Waals surface area contributed by atoms with Gasteiger partial charge in [-0.15, -0.1) is 0 Å². The molecule has 2 heterocycles. The zero-order chi connectivity index (χ0) is 12.4. The Morgan fingerprint density at radius 3 is 2.76 bits per heavy atom. The first-order chi connectivity index (χ1) is 8.17. The van der Waals surface area contributed by atoms with Gasteiger partial charge in [-0.1, -0.05) is 6.92 Å². The smallest absolute Gasteiger partial charge is 0.143 e. The van der Waals surface area contributed by atoms with Crippen LogP contribution < -0.4 is 5.32 Å². The van der Waals surface area contributed by atoms with Gasteiger partial charge in [0.25, 0.3) is 0 Å². The second kappa shape index (κ2) is 4.84. The normalized spacial score (nSPS) is 11.3. The summed E-state index contributed by atoms with van der Waals surface area (Å²) in [6, 6.07) is 0. The van der Waals surface area contributed by atoms with Crippen LogP contribution in [-0.2, 0) is 20.0 Å². The maximum Gasteiger partial charge on any atom is 0.143 e. The molecule has 0 unspecified atom stereocenters. The first-order valence-electron chi connectivity index (χ1n) is 6.13. The maximum absolute atomic E-state index is 4.65. The molecule has 0 aromatic carbocycles. The fourth-order valence-corrected chi connectivity index (χ4v) is 2.26. The molecule has 0 aliphatic heterocycles. The predicted octanol–water partition coefficient (Wildman–Crippen LogP) is 1.95. The van der Waals surface area contributed by atoms with Crippen molar-refractivity contribution in [2.45, 2.75) is 33.2 Å². The lowest BCUT2D eigenvalue weighted by atomic mass is 10.2. The summed E-state index contributed by atoms with van der Waals surface area (Å²) in [5.41, 5.74) is 3.40. The highest BCUT2D eigenvalue weighted by Gasteiger charge is 2.12. The van der Waals surface area contributed by atoms with Crippen LogP contribution in [0.15, 0.2) is 6.20 Å². The van der Waals surface area contributed by atoms with Gasteiger partial charge in [-0.2, -0.15) is 0 Å². The molecule has 1 N–H and O–H groups in total. The maximum atomic E-state index is 4.65. The van der Waals surface area contributed by atoms with E-state index in [1.54, 1.807) is 0 Å². The molecule has 0 aliphatic rings. The number of hydrogen-bond acceptors (Lipinski definition) is 3. The van der Waals surface area contributed by atoms with Crippen molar-refractivity contribution in [1.29, 1.82) is 0 Å². The van der Waals surface area contributed by atoms with E-state index in [4.69, 9.17) is 0 Å². The van der Waals surface area contributed by atoms with Crippen molar-refractivity contribution >= 4 is 11.0 Å². The Morgan fingerprint density at radius 1 is 1.35 bits per heavy atom. The highest BCUT2D eigenvalue weighted by molar-refractivity contribution is 5.82. The number of nitrogens with one attached hydrogen (secondary N) is 1. The quantitative estimate of drug-likeness (QED) is 0.876. The molecule has 17 heavy (non-hydrogen) atoms. The Labute approximate surface area is 102 Å². The van der Waals surface area contributed by atoms with E-state index in [0.717, 1.165) is 36.6 Å². The molecule has 2 rings (SSSR count). The highest BCUT2D eigenvalue weighted by Crippen LogP contribution is 2.22. The molecule has 0 saturated carbocycles. The van der Waals surface area contributed by atoms with E-state index in [9.17, 15) is 0 Å². The standard InChI is InChI=1S/C13H20N4/c1-5-6-11-15-9(2)12-10(7-14-3)8-17(4)13(12)16-11/h8,14H,5-7H2,1-4H3. The summed E-state index contributed by atoms with van der Waals surface area (Å²) in [6.45, 7) is 5.08. The van der Waals surface area contributed by atoms with Crippen LogP contribution in [0.5, 0.6) is 0 Å². The minimum absolute atomic E-state index is 0.856. The lowest BCUT2D eigenvalue weighted by Crippen LogP contribution is -2.05. The summed E-state index contributed by atoms with van der Waals surface area (Å²) in [7, 11) is 4.00. The van der Waals surface area contributed by atoms with E-state index in [-0.39, 0.29) is 0 Å². The zero-order valence-electron chi connectivity index (χ0n) is 11.0. The van der Waals surface area contributed by atoms with Crippen molar-refractivity contribution in [2.75, 3.05) is 7.05 Å². The van der Waals surface area contributed by atoms with Gasteiger partial charge in [-0.3, -0.25) is 0 Å². The molecule has 0 bridgehead atoms. The number of nitrogens with zero attached hydrogens (tertiary/aromatic N) is 3. The first-order valence-corrected chi connectivity index (χ1v) is 6.13. The third kappa shape index (κ3) is 2.17. The van der Waals surface area contributed by atoms with Crippen LogP contribution in [0.3, 0.4) is 0 Å². The van der Waals surface area contributed by atoms with E-state index in [0.29, 0.717) is 0 Å². The summed E-state index contributed by atoms with van der Waals surface area (Å²) >= 11 is 0. The van der Waals surface area contributed by atoms with Crippen LogP contribution in [0, 0.1) is 6.92 Å². The Balaban J connectivity index is 2.60. The topological polar surface area (TPSA) is 42.7 Å². The number of fused-ring (bicyclic) bond motifs is 1. The van der Waals surface area contributed by atoms with E-state index < -0.39 is 0 Å².